The number of sulfonamides is 1. The van der Waals surface area contributed by atoms with Crippen molar-refractivity contribution in [2.45, 2.75) is 24.4 Å². The second kappa shape index (κ2) is 6.95. The Morgan fingerprint density at radius 3 is 2.63 bits per heavy atom. The summed E-state index contributed by atoms with van der Waals surface area (Å²) in [5.41, 5.74) is 6.18. The van der Waals surface area contributed by atoms with Crippen molar-refractivity contribution in [3.8, 4) is 0 Å². The average molecular weight is 323 g/mol. The van der Waals surface area contributed by atoms with E-state index in [0.717, 1.165) is 5.75 Å². The zero-order chi connectivity index (χ0) is 14.6. The molecule has 1 aromatic rings. The molecule has 108 valence electrons. The summed E-state index contributed by atoms with van der Waals surface area (Å²) < 4.78 is 26.3. The quantitative estimate of drug-likeness (QED) is 0.872. The molecule has 0 spiro atoms. The molecular weight excluding hydrogens is 304 g/mol. The molecule has 0 radical (unpaired) electrons. The van der Waals surface area contributed by atoms with Crippen molar-refractivity contribution >= 4 is 33.4 Å². The van der Waals surface area contributed by atoms with Crippen LogP contribution in [0.5, 0.6) is 0 Å². The molecule has 19 heavy (non-hydrogen) atoms. The first-order valence-corrected chi connectivity index (χ1v) is 9.01. The van der Waals surface area contributed by atoms with E-state index in [4.69, 9.17) is 17.3 Å². The minimum atomic E-state index is -3.50. The number of thioether (sulfide) groups is 1. The molecule has 7 heteroatoms. The summed E-state index contributed by atoms with van der Waals surface area (Å²) in [5, 5.41) is 0.487. The van der Waals surface area contributed by atoms with E-state index in [9.17, 15) is 8.42 Å². The smallest absolute Gasteiger partial charge is 0.243 e. The highest BCUT2D eigenvalue weighted by molar-refractivity contribution is 7.98. The van der Waals surface area contributed by atoms with Gasteiger partial charge in [0.15, 0.2) is 0 Å². The summed E-state index contributed by atoms with van der Waals surface area (Å²) in [5.74, 6) is 0.743. The van der Waals surface area contributed by atoms with Gasteiger partial charge in [0.2, 0.25) is 10.0 Å². The predicted octanol–water partition coefficient (Wildman–Crippen LogP) is 2.17. The van der Waals surface area contributed by atoms with E-state index >= 15 is 0 Å². The first-order valence-electron chi connectivity index (χ1n) is 5.80. The lowest BCUT2D eigenvalue weighted by atomic mass is 10.2. The van der Waals surface area contributed by atoms with Gasteiger partial charge < -0.3 is 5.73 Å². The standard InChI is InChI=1S/C12H19ClN2O2S2/c1-9(8-18-3)15(2)19(16,17)11-4-5-12(13)10(6-11)7-14/h4-6,9H,7-8,14H2,1-3H3. The fourth-order valence-corrected chi connectivity index (χ4v) is 4.02. The Balaban J connectivity index is 3.13. The van der Waals surface area contributed by atoms with Crippen LogP contribution in [-0.2, 0) is 16.6 Å². The molecule has 0 aliphatic heterocycles. The highest BCUT2D eigenvalue weighted by atomic mass is 35.5. The third-order valence-electron chi connectivity index (χ3n) is 2.94. The second-order valence-electron chi connectivity index (χ2n) is 4.28. The molecular formula is C12H19ClN2O2S2. The van der Waals surface area contributed by atoms with E-state index in [-0.39, 0.29) is 17.5 Å². The Morgan fingerprint density at radius 2 is 2.11 bits per heavy atom. The fourth-order valence-electron chi connectivity index (χ4n) is 1.62. The maximum absolute atomic E-state index is 12.5. The van der Waals surface area contributed by atoms with Gasteiger partial charge in [0.1, 0.15) is 0 Å². The van der Waals surface area contributed by atoms with Crippen molar-refractivity contribution in [3.05, 3.63) is 28.8 Å². The lowest BCUT2D eigenvalue weighted by molar-refractivity contribution is 0.415. The Hall–Kier alpha value is -0.270. The van der Waals surface area contributed by atoms with Gasteiger partial charge in [-0.05, 0) is 36.9 Å². The van der Waals surface area contributed by atoms with E-state index in [0.29, 0.717) is 10.6 Å². The van der Waals surface area contributed by atoms with Crippen molar-refractivity contribution in [2.75, 3.05) is 19.1 Å². The average Bonchev–Trinajstić information content (AvgIpc) is 2.38. The summed E-state index contributed by atoms with van der Waals surface area (Å²) in [7, 11) is -1.91. The van der Waals surface area contributed by atoms with Gasteiger partial charge >= 0.3 is 0 Å². The van der Waals surface area contributed by atoms with Crippen LogP contribution in [0.25, 0.3) is 0 Å². The summed E-state index contributed by atoms with van der Waals surface area (Å²) >= 11 is 7.56. The molecule has 1 rings (SSSR count). The van der Waals surface area contributed by atoms with Gasteiger partial charge in [-0.2, -0.15) is 16.1 Å². The van der Waals surface area contributed by atoms with Crippen LogP contribution in [0.1, 0.15) is 12.5 Å². The molecule has 0 aliphatic carbocycles. The maximum atomic E-state index is 12.5. The van der Waals surface area contributed by atoms with Gasteiger partial charge in [-0.25, -0.2) is 8.42 Å². The van der Waals surface area contributed by atoms with E-state index < -0.39 is 10.0 Å². The molecule has 2 N–H and O–H groups in total. The first kappa shape index (κ1) is 16.8. The highest BCUT2D eigenvalue weighted by Gasteiger charge is 2.25. The van der Waals surface area contributed by atoms with Crippen LogP contribution in [-0.4, -0.2) is 37.8 Å². The lowest BCUT2D eigenvalue weighted by Gasteiger charge is -2.24. The molecule has 1 aromatic carbocycles. The summed E-state index contributed by atoms with van der Waals surface area (Å²) in [4.78, 5) is 0.229. The molecule has 0 heterocycles. The monoisotopic (exact) mass is 322 g/mol. The number of hydrogen-bond acceptors (Lipinski definition) is 4. The minimum Gasteiger partial charge on any atom is -0.326 e. The maximum Gasteiger partial charge on any atom is 0.243 e. The molecule has 1 unspecified atom stereocenters. The molecule has 0 aromatic heterocycles. The van der Waals surface area contributed by atoms with Crippen molar-refractivity contribution in [2.24, 2.45) is 5.73 Å². The largest absolute Gasteiger partial charge is 0.326 e. The van der Waals surface area contributed by atoms with Crippen LogP contribution in [0.15, 0.2) is 23.1 Å². The van der Waals surface area contributed by atoms with Crippen molar-refractivity contribution in [1.82, 2.24) is 4.31 Å². The normalized spacial score (nSPS) is 13.8. The van der Waals surface area contributed by atoms with Gasteiger partial charge in [0, 0.05) is 30.4 Å². The number of hydrogen-bond donors (Lipinski definition) is 1. The van der Waals surface area contributed by atoms with E-state index in [1.54, 1.807) is 30.9 Å². The second-order valence-corrected chi connectivity index (χ2v) is 7.60. The summed E-state index contributed by atoms with van der Waals surface area (Å²) in [6, 6.07) is 4.56. The summed E-state index contributed by atoms with van der Waals surface area (Å²) in [6.07, 6.45) is 1.95. The van der Waals surface area contributed by atoms with Crippen molar-refractivity contribution in [1.29, 1.82) is 0 Å². The number of nitrogens with two attached hydrogens (primary N) is 1. The van der Waals surface area contributed by atoms with Gasteiger partial charge in [-0.15, -0.1) is 0 Å². The van der Waals surface area contributed by atoms with E-state index in [2.05, 4.69) is 0 Å². The van der Waals surface area contributed by atoms with E-state index in [1.807, 2.05) is 13.2 Å². The van der Waals surface area contributed by atoms with Gasteiger partial charge in [0.25, 0.3) is 0 Å². The molecule has 0 fully saturated rings. The van der Waals surface area contributed by atoms with Crippen LogP contribution < -0.4 is 5.73 Å². The number of benzene rings is 1. The Kier molecular flexibility index (Phi) is 6.14. The predicted molar refractivity (Wildman–Crippen MR) is 82.1 cm³/mol. The molecule has 0 amide bonds. The number of nitrogens with zero attached hydrogens (tertiary/aromatic N) is 1. The molecule has 0 saturated carbocycles. The van der Waals surface area contributed by atoms with E-state index in [1.165, 1.54) is 10.4 Å². The fraction of sp³-hybridized carbons (Fsp3) is 0.500. The molecule has 0 aliphatic rings. The van der Waals surface area contributed by atoms with Crippen LogP contribution in [0.3, 0.4) is 0 Å². The third kappa shape index (κ3) is 3.86. The van der Waals surface area contributed by atoms with Gasteiger partial charge in [-0.1, -0.05) is 11.6 Å². The molecule has 0 bridgehead atoms. The highest BCUT2D eigenvalue weighted by Crippen LogP contribution is 2.23. The molecule has 4 nitrogen and oxygen atoms in total. The van der Waals surface area contributed by atoms with Crippen LogP contribution in [0.4, 0.5) is 0 Å². The lowest BCUT2D eigenvalue weighted by Crippen LogP contribution is -2.36. The minimum absolute atomic E-state index is 0.0722. The topological polar surface area (TPSA) is 63.4 Å². The number of rotatable bonds is 6. The van der Waals surface area contributed by atoms with Crippen molar-refractivity contribution < 1.29 is 8.42 Å². The zero-order valence-corrected chi connectivity index (χ0v) is 13.6. The molecule has 0 saturated heterocycles. The van der Waals surface area contributed by atoms with Gasteiger partial charge in [0.05, 0.1) is 4.90 Å². The third-order valence-corrected chi connectivity index (χ3v) is 6.09. The Morgan fingerprint density at radius 1 is 1.47 bits per heavy atom. The van der Waals surface area contributed by atoms with Crippen molar-refractivity contribution in [3.63, 3.8) is 0 Å². The van der Waals surface area contributed by atoms with Crippen LogP contribution in [0, 0.1) is 0 Å². The van der Waals surface area contributed by atoms with Crippen LogP contribution in [0.2, 0.25) is 5.02 Å². The zero-order valence-electron chi connectivity index (χ0n) is 11.3. The van der Waals surface area contributed by atoms with Gasteiger partial charge in [-0.3, -0.25) is 0 Å². The SMILES string of the molecule is CSCC(C)N(C)S(=O)(=O)c1ccc(Cl)c(CN)c1. The Bertz CT molecular complexity index is 535. The molecule has 1 atom stereocenters. The summed E-state index contributed by atoms with van der Waals surface area (Å²) in [6.45, 7) is 2.10. The van der Waals surface area contributed by atoms with Crippen LogP contribution >= 0.6 is 23.4 Å². The Labute approximate surface area is 124 Å². The number of halogens is 1. The first-order chi connectivity index (χ1) is 8.84.